The van der Waals surface area contributed by atoms with E-state index in [0.29, 0.717) is 13.2 Å². The van der Waals surface area contributed by atoms with Crippen molar-refractivity contribution in [3.8, 4) is 0 Å². The molecule has 0 aliphatic carbocycles. The number of alkyl halides is 1. The van der Waals surface area contributed by atoms with Crippen LogP contribution in [0.2, 0.25) is 0 Å². The molecule has 0 saturated heterocycles. The average molecular weight is 279 g/mol. The molecule has 0 bridgehead atoms. The summed E-state index contributed by atoms with van der Waals surface area (Å²) >= 11 is 6.20. The summed E-state index contributed by atoms with van der Waals surface area (Å²) in [5.74, 6) is 0.973. The number of nitrogens with zero attached hydrogens (tertiary/aromatic N) is 2. The van der Waals surface area contributed by atoms with Gasteiger partial charge in [-0.05, 0) is 24.6 Å². The van der Waals surface area contributed by atoms with E-state index in [-0.39, 0.29) is 5.38 Å². The largest absolute Gasteiger partial charge is 0.383 e. The molecule has 102 valence electrons. The van der Waals surface area contributed by atoms with Crippen molar-refractivity contribution < 1.29 is 4.74 Å². The molecule has 0 amide bonds. The summed E-state index contributed by atoms with van der Waals surface area (Å²) in [6.45, 7) is 3.32. The molecule has 0 spiro atoms. The van der Waals surface area contributed by atoms with Crippen molar-refractivity contribution in [1.29, 1.82) is 0 Å². The summed E-state index contributed by atoms with van der Waals surface area (Å²) in [6, 6.07) is 10.3. The van der Waals surface area contributed by atoms with Crippen molar-refractivity contribution in [2.75, 3.05) is 32.2 Å². The lowest BCUT2D eigenvalue weighted by molar-refractivity contribution is 0.199. The maximum Gasteiger partial charge on any atom is 0.131 e. The number of hydrogen-bond acceptors (Lipinski definition) is 3. The molecule has 0 aliphatic rings. The molecule has 0 N–H and O–H groups in total. The standard InChI is InChI=1S/C15H19ClN2O/c1-11-8-12-6-4-5-7-14(12)17-15(11)18(2)9-13(16)10-19-3/h4-8,13H,9-10H2,1-3H3. The Kier molecular flexibility index (Phi) is 4.61. The van der Waals surface area contributed by atoms with Gasteiger partial charge in [-0.1, -0.05) is 18.2 Å². The van der Waals surface area contributed by atoms with Crippen LogP contribution in [-0.4, -0.2) is 37.7 Å². The summed E-state index contributed by atoms with van der Waals surface area (Å²) in [5, 5.41) is 1.12. The second-order valence-electron chi connectivity index (χ2n) is 4.75. The van der Waals surface area contributed by atoms with Gasteiger partial charge in [0.05, 0.1) is 17.5 Å². The number of pyridine rings is 1. The van der Waals surface area contributed by atoms with E-state index in [2.05, 4.69) is 24.0 Å². The number of rotatable bonds is 5. The van der Waals surface area contributed by atoms with Gasteiger partial charge in [0, 0.05) is 26.1 Å². The maximum atomic E-state index is 6.20. The van der Waals surface area contributed by atoms with Crippen molar-refractivity contribution in [1.82, 2.24) is 4.98 Å². The fraction of sp³-hybridized carbons (Fsp3) is 0.400. The molecule has 1 heterocycles. The molecular formula is C15H19ClN2O. The first-order valence-electron chi connectivity index (χ1n) is 6.32. The number of halogens is 1. The Morgan fingerprint density at radius 2 is 2.11 bits per heavy atom. The molecule has 1 atom stereocenters. The first-order chi connectivity index (χ1) is 9.11. The van der Waals surface area contributed by atoms with Crippen LogP contribution in [0.1, 0.15) is 5.56 Å². The number of methoxy groups -OCH3 is 1. The van der Waals surface area contributed by atoms with E-state index in [4.69, 9.17) is 21.3 Å². The number of anilines is 1. The van der Waals surface area contributed by atoms with Gasteiger partial charge in [-0.3, -0.25) is 0 Å². The molecule has 1 aromatic heterocycles. The van der Waals surface area contributed by atoms with Crippen LogP contribution in [0.15, 0.2) is 30.3 Å². The molecule has 1 unspecified atom stereocenters. The zero-order chi connectivity index (χ0) is 13.8. The summed E-state index contributed by atoms with van der Waals surface area (Å²) in [4.78, 5) is 6.80. The van der Waals surface area contributed by atoms with Crippen molar-refractivity contribution in [3.05, 3.63) is 35.9 Å². The lowest BCUT2D eigenvalue weighted by Crippen LogP contribution is -2.29. The highest BCUT2D eigenvalue weighted by molar-refractivity contribution is 6.21. The monoisotopic (exact) mass is 278 g/mol. The molecule has 0 radical (unpaired) electrons. The van der Waals surface area contributed by atoms with Gasteiger partial charge in [0.25, 0.3) is 0 Å². The Morgan fingerprint density at radius 1 is 1.37 bits per heavy atom. The van der Waals surface area contributed by atoms with Gasteiger partial charge in [0.2, 0.25) is 0 Å². The number of fused-ring (bicyclic) bond motifs is 1. The SMILES string of the molecule is COCC(Cl)CN(C)c1nc2ccccc2cc1C. The molecule has 4 heteroatoms. The second kappa shape index (κ2) is 6.22. The Morgan fingerprint density at radius 3 is 2.84 bits per heavy atom. The predicted octanol–water partition coefficient (Wildman–Crippen LogP) is 3.23. The van der Waals surface area contributed by atoms with E-state index in [0.717, 1.165) is 22.3 Å². The zero-order valence-electron chi connectivity index (χ0n) is 11.6. The summed E-state index contributed by atoms with van der Waals surface area (Å²) in [5.41, 5.74) is 2.16. The zero-order valence-corrected chi connectivity index (χ0v) is 12.3. The third-order valence-electron chi connectivity index (χ3n) is 3.07. The number of aromatic nitrogens is 1. The van der Waals surface area contributed by atoms with E-state index in [1.807, 2.05) is 25.2 Å². The highest BCUT2D eigenvalue weighted by Crippen LogP contribution is 2.22. The Hall–Kier alpha value is -1.32. The van der Waals surface area contributed by atoms with Crippen molar-refractivity contribution in [2.45, 2.75) is 12.3 Å². The van der Waals surface area contributed by atoms with E-state index in [1.165, 1.54) is 0 Å². The topological polar surface area (TPSA) is 25.4 Å². The number of aryl methyl sites for hydroxylation is 1. The Bertz CT molecular complexity index is 559. The van der Waals surface area contributed by atoms with Crippen LogP contribution in [0, 0.1) is 6.92 Å². The third kappa shape index (κ3) is 3.37. The van der Waals surface area contributed by atoms with Gasteiger partial charge in [-0.15, -0.1) is 11.6 Å². The van der Waals surface area contributed by atoms with Crippen molar-refractivity contribution in [3.63, 3.8) is 0 Å². The smallest absolute Gasteiger partial charge is 0.131 e. The lowest BCUT2D eigenvalue weighted by Gasteiger charge is -2.23. The average Bonchev–Trinajstić information content (AvgIpc) is 2.38. The summed E-state index contributed by atoms with van der Waals surface area (Å²) < 4.78 is 5.06. The lowest BCUT2D eigenvalue weighted by atomic mass is 10.1. The minimum Gasteiger partial charge on any atom is -0.383 e. The van der Waals surface area contributed by atoms with Gasteiger partial charge in [-0.2, -0.15) is 0 Å². The molecule has 0 aliphatic heterocycles. The van der Waals surface area contributed by atoms with E-state index in [1.54, 1.807) is 7.11 Å². The van der Waals surface area contributed by atoms with Gasteiger partial charge in [0.1, 0.15) is 5.82 Å². The van der Waals surface area contributed by atoms with Crippen LogP contribution in [0.5, 0.6) is 0 Å². The number of benzene rings is 1. The number of hydrogen-bond donors (Lipinski definition) is 0. The fourth-order valence-corrected chi connectivity index (χ4v) is 2.55. The maximum absolute atomic E-state index is 6.20. The third-order valence-corrected chi connectivity index (χ3v) is 3.33. The minimum atomic E-state index is -0.0392. The predicted molar refractivity (Wildman–Crippen MR) is 81.3 cm³/mol. The number of ether oxygens (including phenoxy) is 1. The van der Waals surface area contributed by atoms with Crippen LogP contribution in [0.3, 0.4) is 0 Å². The highest BCUT2D eigenvalue weighted by atomic mass is 35.5. The first kappa shape index (κ1) is 14.1. The molecular weight excluding hydrogens is 260 g/mol. The van der Waals surface area contributed by atoms with Gasteiger partial charge in [0.15, 0.2) is 0 Å². The van der Waals surface area contributed by atoms with Crippen LogP contribution < -0.4 is 4.90 Å². The molecule has 0 fully saturated rings. The van der Waals surface area contributed by atoms with Crippen LogP contribution in [0.4, 0.5) is 5.82 Å². The Balaban J connectivity index is 2.26. The molecule has 19 heavy (non-hydrogen) atoms. The second-order valence-corrected chi connectivity index (χ2v) is 5.37. The quantitative estimate of drug-likeness (QED) is 0.785. The molecule has 2 rings (SSSR count). The van der Waals surface area contributed by atoms with E-state index >= 15 is 0 Å². The minimum absolute atomic E-state index is 0.0392. The molecule has 3 nitrogen and oxygen atoms in total. The van der Waals surface area contributed by atoms with Gasteiger partial charge in [-0.25, -0.2) is 4.98 Å². The van der Waals surface area contributed by atoms with E-state index < -0.39 is 0 Å². The van der Waals surface area contributed by atoms with Gasteiger partial charge < -0.3 is 9.64 Å². The highest BCUT2D eigenvalue weighted by Gasteiger charge is 2.12. The molecule has 2 aromatic rings. The molecule has 0 saturated carbocycles. The first-order valence-corrected chi connectivity index (χ1v) is 6.76. The van der Waals surface area contributed by atoms with Crippen molar-refractivity contribution in [2.24, 2.45) is 0 Å². The summed E-state index contributed by atoms with van der Waals surface area (Å²) in [7, 11) is 3.67. The molecule has 1 aromatic carbocycles. The van der Waals surface area contributed by atoms with Crippen LogP contribution >= 0.6 is 11.6 Å². The van der Waals surface area contributed by atoms with E-state index in [9.17, 15) is 0 Å². The normalized spacial score (nSPS) is 12.6. The van der Waals surface area contributed by atoms with Crippen LogP contribution in [0.25, 0.3) is 10.9 Å². The van der Waals surface area contributed by atoms with Crippen molar-refractivity contribution >= 4 is 28.3 Å². The van der Waals surface area contributed by atoms with Crippen LogP contribution in [-0.2, 0) is 4.74 Å². The van der Waals surface area contributed by atoms with Gasteiger partial charge >= 0.3 is 0 Å². The Labute approximate surface area is 119 Å². The number of para-hydroxylation sites is 1. The fourth-order valence-electron chi connectivity index (χ4n) is 2.22. The summed E-state index contributed by atoms with van der Waals surface area (Å²) in [6.07, 6.45) is 0.